The zero-order chi connectivity index (χ0) is 10.5. The van der Waals surface area contributed by atoms with E-state index in [-0.39, 0.29) is 5.54 Å². The molecule has 2 unspecified atom stereocenters. The molecule has 3 rings (SSSR count). The van der Waals surface area contributed by atoms with Crippen molar-refractivity contribution in [3.63, 3.8) is 0 Å². The summed E-state index contributed by atoms with van der Waals surface area (Å²) in [6, 6.07) is 8.17. The predicted octanol–water partition coefficient (Wildman–Crippen LogP) is 3.32. The monoisotopic (exact) mass is 221 g/mol. The topological polar surface area (TPSA) is 26.0 Å². The van der Waals surface area contributed by atoms with Gasteiger partial charge in [-0.05, 0) is 36.5 Å². The fraction of sp³-hybridized carbons (Fsp3) is 0.538. The quantitative estimate of drug-likeness (QED) is 0.833. The lowest BCUT2D eigenvalue weighted by Crippen LogP contribution is -2.24. The van der Waals surface area contributed by atoms with Crippen molar-refractivity contribution in [2.24, 2.45) is 11.7 Å². The van der Waals surface area contributed by atoms with Crippen LogP contribution in [0.3, 0.4) is 0 Å². The Kier molecular flexibility index (Phi) is 2.08. The number of hydrogen-bond acceptors (Lipinski definition) is 1. The second-order valence-corrected chi connectivity index (χ2v) is 5.63. The molecule has 0 saturated heterocycles. The maximum Gasteiger partial charge on any atom is 0.0406 e. The van der Waals surface area contributed by atoms with Crippen molar-refractivity contribution in [3.8, 4) is 0 Å². The minimum absolute atomic E-state index is 0.106. The molecule has 15 heavy (non-hydrogen) atoms. The Morgan fingerprint density at radius 1 is 1.27 bits per heavy atom. The molecule has 2 saturated carbocycles. The minimum atomic E-state index is 0.106. The van der Waals surface area contributed by atoms with Crippen LogP contribution >= 0.6 is 11.6 Å². The number of benzene rings is 1. The van der Waals surface area contributed by atoms with Gasteiger partial charge in [-0.25, -0.2) is 0 Å². The van der Waals surface area contributed by atoms with Gasteiger partial charge in [-0.1, -0.05) is 36.6 Å². The third-order valence-electron chi connectivity index (χ3n) is 3.76. The predicted molar refractivity (Wildman–Crippen MR) is 63.1 cm³/mol. The molecule has 1 aromatic rings. The SMILES string of the molecule is NC1(CC2CC2)CC1c1ccc(Cl)cc1. The van der Waals surface area contributed by atoms with Crippen LogP contribution in [0.25, 0.3) is 0 Å². The molecular weight excluding hydrogens is 206 g/mol. The highest BCUT2D eigenvalue weighted by atomic mass is 35.5. The molecule has 0 bridgehead atoms. The van der Waals surface area contributed by atoms with E-state index in [0.717, 1.165) is 17.4 Å². The molecule has 1 aromatic carbocycles. The van der Waals surface area contributed by atoms with Crippen LogP contribution < -0.4 is 5.73 Å². The first kappa shape index (κ1) is 9.68. The second-order valence-electron chi connectivity index (χ2n) is 5.19. The molecule has 2 heteroatoms. The molecule has 2 aliphatic carbocycles. The van der Waals surface area contributed by atoms with E-state index in [1.54, 1.807) is 0 Å². The molecule has 2 N–H and O–H groups in total. The average molecular weight is 222 g/mol. The van der Waals surface area contributed by atoms with Crippen molar-refractivity contribution in [3.05, 3.63) is 34.9 Å². The Morgan fingerprint density at radius 3 is 2.53 bits per heavy atom. The maximum absolute atomic E-state index is 6.37. The second kappa shape index (κ2) is 3.23. The first-order valence-corrected chi connectivity index (χ1v) is 6.09. The van der Waals surface area contributed by atoms with E-state index >= 15 is 0 Å². The van der Waals surface area contributed by atoms with Gasteiger partial charge >= 0.3 is 0 Å². The Labute approximate surface area is 95.6 Å². The van der Waals surface area contributed by atoms with E-state index in [9.17, 15) is 0 Å². The summed E-state index contributed by atoms with van der Waals surface area (Å²) in [7, 11) is 0. The molecule has 0 radical (unpaired) electrons. The first-order valence-electron chi connectivity index (χ1n) is 5.72. The molecule has 0 heterocycles. The zero-order valence-corrected chi connectivity index (χ0v) is 9.50. The van der Waals surface area contributed by atoms with Crippen molar-refractivity contribution >= 4 is 11.6 Å². The Hall–Kier alpha value is -0.530. The van der Waals surface area contributed by atoms with Crippen LogP contribution in [0.1, 0.15) is 37.2 Å². The fourth-order valence-electron chi connectivity index (χ4n) is 2.55. The molecule has 2 aliphatic rings. The molecular formula is C13H16ClN. The van der Waals surface area contributed by atoms with Crippen LogP contribution in [0.15, 0.2) is 24.3 Å². The van der Waals surface area contributed by atoms with Gasteiger partial charge in [-0.2, -0.15) is 0 Å². The first-order chi connectivity index (χ1) is 7.17. The number of rotatable bonds is 3. The molecule has 0 spiro atoms. The van der Waals surface area contributed by atoms with Gasteiger partial charge in [-0.3, -0.25) is 0 Å². The molecule has 0 amide bonds. The number of nitrogens with two attached hydrogens (primary N) is 1. The Morgan fingerprint density at radius 2 is 1.93 bits per heavy atom. The lowest BCUT2D eigenvalue weighted by Gasteiger charge is -2.10. The highest BCUT2D eigenvalue weighted by molar-refractivity contribution is 6.30. The van der Waals surface area contributed by atoms with E-state index in [1.165, 1.54) is 24.8 Å². The van der Waals surface area contributed by atoms with E-state index < -0.39 is 0 Å². The van der Waals surface area contributed by atoms with Crippen LogP contribution in [0.5, 0.6) is 0 Å². The van der Waals surface area contributed by atoms with Crippen molar-refractivity contribution in [1.29, 1.82) is 0 Å². The largest absolute Gasteiger partial charge is 0.325 e. The Balaban J connectivity index is 1.71. The van der Waals surface area contributed by atoms with Gasteiger partial charge in [0.2, 0.25) is 0 Å². The molecule has 0 aromatic heterocycles. The van der Waals surface area contributed by atoms with Crippen molar-refractivity contribution in [1.82, 2.24) is 0 Å². The van der Waals surface area contributed by atoms with Gasteiger partial charge in [-0.15, -0.1) is 0 Å². The average Bonchev–Trinajstić information content (AvgIpc) is 3.09. The van der Waals surface area contributed by atoms with Gasteiger partial charge in [0.25, 0.3) is 0 Å². The highest BCUT2D eigenvalue weighted by Crippen LogP contribution is 2.55. The summed E-state index contributed by atoms with van der Waals surface area (Å²) in [5.41, 5.74) is 7.84. The van der Waals surface area contributed by atoms with Crippen molar-refractivity contribution in [2.75, 3.05) is 0 Å². The van der Waals surface area contributed by atoms with Crippen molar-refractivity contribution in [2.45, 2.75) is 37.1 Å². The molecule has 2 fully saturated rings. The van der Waals surface area contributed by atoms with Crippen LogP contribution in [0.4, 0.5) is 0 Å². The van der Waals surface area contributed by atoms with E-state index in [0.29, 0.717) is 5.92 Å². The van der Waals surface area contributed by atoms with Crippen molar-refractivity contribution < 1.29 is 0 Å². The van der Waals surface area contributed by atoms with E-state index in [4.69, 9.17) is 17.3 Å². The van der Waals surface area contributed by atoms with Crippen LogP contribution in [0, 0.1) is 5.92 Å². The summed E-state index contributed by atoms with van der Waals surface area (Å²) < 4.78 is 0. The zero-order valence-electron chi connectivity index (χ0n) is 8.75. The summed E-state index contributed by atoms with van der Waals surface area (Å²) in [5, 5.41) is 0.809. The normalized spacial score (nSPS) is 34.1. The van der Waals surface area contributed by atoms with Gasteiger partial charge in [0, 0.05) is 16.5 Å². The summed E-state index contributed by atoms with van der Waals surface area (Å²) in [4.78, 5) is 0. The summed E-state index contributed by atoms with van der Waals surface area (Å²) in [6.45, 7) is 0. The highest BCUT2D eigenvalue weighted by Gasteiger charge is 2.53. The summed E-state index contributed by atoms with van der Waals surface area (Å²) >= 11 is 5.87. The molecule has 0 aliphatic heterocycles. The molecule has 1 nitrogen and oxygen atoms in total. The standard InChI is InChI=1S/C13H16ClN/c14-11-5-3-10(4-6-11)12-8-13(12,15)7-9-1-2-9/h3-6,9,12H,1-2,7-8,15H2. The van der Waals surface area contributed by atoms with Crippen LogP contribution in [0.2, 0.25) is 5.02 Å². The third kappa shape index (κ3) is 1.91. The van der Waals surface area contributed by atoms with Crippen LogP contribution in [-0.2, 0) is 0 Å². The smallest absolute Gasteiger partial charge is 0.0406 e. The van der Waals surface area contributed by atoms with E-state index in [1.807, 2.05) is 12.1 Å². The van der Waals surface area contributed by atoms with E-state index in [2.05, 4.69) is 12.1 Å². The summed E-state index contributed by atoms with van der Waals surface area (Å²) in [6.07, 6.45) is 5.17. The number of halogens is 1. The summed E-state index contributed by atoms with van der Waals surface area (Å²) in [5.74, 6) is 1.50. The fourth-order valence-corrected chi connectivity index (χ4v) is 2.68. The molecule has 80 valence electrons. The van der Waals surface area contributed by atoms with Gasteiger partial charge in [0.1, 0.15) is 0 Å². The van der Waals surface area contributed by atoms with Gasteiger partial charge < -0.3 is 5.73 Å². The third-order valence-corrected chi connectivity index (χ3v) is 4.01. The maximum atomic E-state index is 6.37. The van der Waals surface area contributed by atoms with Crippen LogP contribution in [-0.4, -0.2) is 5.54 Å². The molecule has 2 atom stereocenters. The minimum Gasteiger partial charge on any atom is -0.325 e. The lowest BCUT2D eigenvalue weighted by molar-refractivity contribution is 0.545. The lowest BCUT2D eigenvalue weighted by atomic mass is 10.0. The van der Waals surface area contributed by atoms with Gasteiger partial charge in [0.05, 0.1) is 0 Å². The van der Waals surface area contributed by atoms with Gasteiger partial charge in [0.15, 0.2) is 0 Å². The number of hydrogen-bond donors (Lipinski definition) is 1. The Bertz CT molecular complexity index is 369.